The molecule has 0 aliphatic rings. The topological polar surface area (TPSA) is 32.6 Å². The summed E-state index contributed by atoms with van der Waals surface area (Å²) in [4.78, 5) is 0. The molecule has 1 heterocycles. The molecule has 0 aliphatic carbocycles. The lowest BCUT2D eigenvalue weighted by atomic mass is 10.2. The van der Waals surface area contributed by atoms with Gasteiger partial charge in [0.2, 0.25) is 0 Å². The van der Waals surface area contributed by atoms with Gasteiger partial charge in [0.25, 0.3) is 0 Å². The summed E-state index contributed by atoms with van der Waals surface area (Å²) >= 11 is 0. The first-order chi connectivity index (χ1) is 9.30. The maximum absolute atomic E-state index is 5.59. The van der Waals surface area contributed by atoms with Crippen molar-refractivity contribution < 1.29 is 14.2 Å². The summed E-state index contributed by atoms with van der Waals surface area (Å²) in [5.41, 5.74) is 1.13. The lowest BCUT2D eigenvalue weighted by Gasteiger charge is -2.18. The minimum atomic E-state index is -0.211. The van der Waals surface area contributed by atoms with E-state index in [2.05, 4.69) is 16.7 Å². The summed E-state index contributed by atoms with van der Waals surface area (Å²) in [5.74, 6) is 0.889. The van der Waals surface area contributed by atoms with Crippen LogP contribution in [0.15, 0.2) is 30.5 Å². The molecular formula is C15H21NO3. The third-order valence-corrected chi connectivity index (χ3v) is 3.04. The van der Waals surface area contributed by atoms with E-state index >= 15 is 0 Å². The molecule has 4 heteroatoms. The van der Waals surface area contributed by atoms with Crippen LogP contribution in [0, 0.1) is 0 Å². The zero-order valence-corrected chi connectivity index (χ0v) is 11.8. The Balaban J connectivity index is 2.25. The second-order valence-corrected chi connectivity index (χ2v) is 4.20. The van der Waals surface area contributed by atoms with Crippen LogP contribution in [0.25, 0.3) is 10.9 Å². The van der Waals surface area contributed by atoms with Crippen LogP contribution in [0.4, 0.5) is 0 Å². The van der Waals surface area contributed by atoms with E-state index in [1.54, 1.807) is 7.11 Å². The van der Waals surface area contributed by atoms with Gasteiger partial charge >= 0.3 is 0 Å². The lowest BCUT2D eigenvalue weighted by molar-refractivity contribution is -0.143. The van der Waals surface area contributed by atoms with Crippen LogP contribution >= 0.6 is 0 Å². The van der Waals surface area contributed by atoms with Crippen LogP contribution in [-0.4, -0.2) is 31.2 Å². The quantitative estimate of drug-likeness (QED) is 0.720. The first-order valence-corrected chi connectivity index (χ1v) is 6.65. The van der Waals surface area contributed by atoms with Crippen molar-refractivity contribution in [2.45, 2.75) is 26.7 Å². The highest BCUT2D eigenvalue weighted by Crippen LogP contribution is 2.26. The van der Waals surface area contributed by atoms with E-state index < -0.39 is 0 Å². The van der Waals surface area contributed by atoms with Gasteiger partial charge in [-0.15, -0.1) is 0 Å². The van der Waals surface area contributed by atoms with Crippen molar-refractivity contribution in [1.82, 2.24) is 4.57 Å². The van der Waals surface area contributed by atoms with Crippen LogP contribution in [0.5, 0.6) is 5.75 Å². The average molecular weight is 263 g/mol. The number of hydrogen-bond acceptors (Lipinski definition) is 3. The second kappa shape index (κ2) is 6.59. The van der Waals surface area contributed by atoms with Crippen molar-refractivity contribution >= 4 is 10.9 Å². The number of nitrogens with zero attached hydrogens (tertiary/aromatic N) is 1. The predicted octanol–water partition coefficient (Wildman–Crippen LogP) is 3.05. The molecule has 2 aromatic rings. The van der Waals surface area contributed by atoms with Crippen molar-refractivity contribution in [1.29, 1.82) is 0 Å². The van der Waals surface area contributed by atoms with Crippen LogP contribution in [0.3, 0.4) is 0 Å². The predicted molar refractivity (Wildman–Crippen MR) is 75.5 cm³/mol. The molecule has 0 unspecified atom stereocenters. The SMILES string of the molecule is CCOC(Cn1ccc2c(OC)cccc21)OCC. The average Bonchev–Trinajstić information content (AvgIpc) is 2.82. The molecule has 0 saturated heterocycles. The summed E-state index contributed by atoms with van der Waals surface area (Å²) in [6, 6.07) is 8.10. The number of rotatable bonds is 7. The van der Waals surface area contributed by atoms with E-state index in [4.69, 9.17) is 14.2 Å². The van der Waals surface area contributed by atoms with Crippen LogP contribution in [0.1, 0.15) is 13.8 Å². The zero-order valence-electron chi connectivity index (χ0n) is 11.8. The number of benzene rings is 1. The number of methoxy groups -OCH3 is 1. The molecule has 0 radical (unpaired) electrons. The fourth-order valence-electron chi connectivity index (χ4n) is 2.22. The molecular weight excluding hydrogens is 242 g/mol. The summed E-state index contributed by atoms with van der Waals surface area (Å²) in [7, 11) is 1.69. The summed E-state index contributed by atoms with van der Waals surface area (Å²) in [6.45, 7) is 5.92. The van der Waals surface area contributed by atoms with Crippen LogP contribution < -0.4 is 4.74 Å². The van der Waals surface area contributed by atoms with Crippen LogP contribution in [0.2, 0.25) is 0 Å². The molecule has 0 fully saturated rings. The molecule has 0 bridgehead atoms. The molecule has 0 saturated carbocycles. The van der Waals surface area contributed by atoms with Crippen LogP contribution in [-0.2, 0) is 16.0 Å². The van der Waals surface area contributed by atoms with Gasteiger partial charge in [-0.25, -0.2) is 0 Å². The molecule has 19 heavy (non-hydrogen) atoms. The molecule has 1 aromatic carbocycles. The molecule has 0 aliphatic heterocycles. The van der Waals surface area contributed by atoms with E-state index in [0.29, 0.717) is 19.8 Å². The first kappa shape index (κ1) is 13.9. The van der Waals surface area contributed by atoms with Gasteiger partial charge in [0, 0.05) is 24.8 Å². The maximum atomic E-state index is 5.59. The van der Waals surface area contributed by atoms with Gasteiger partial charge in [0.15, 0.2) is 6.29 Å². The molecule has 0 N–H and O–H groups in total. The normalized spacial score (nSPS) is 11.4. The summed E-state index contributed by atoms with van der Waals surface area (Å²) in [5, 5.41) is 1.11. The van der Waals surface area contributed by atoms with Crippen molar-refractivity contribution in [2.24, 2.45) is 0 Å². The smallest absolute Gasteiger partial charge is 0.175 e. The van der Waals surface area contributed by atoms with Crippen molar-refractivity contribution in [3.63, 3.8) is 0 Å². The third-order valence-electron chi connectivity index (χ3n) is 3.04. The van der Waals surface area contributed by atoms with Gasteiger partial charge in [-0.2, -0.15) is 0 Å². The van der Waals surface area contributed by atoms with Gasteiger partial charge in [-0.05, 0) is 32.0 Å². The number of ether oxygens (including phenoxy) is 3. The Morgan fingerprint density at radius 3 is 2.47 bits per heavy atom. The molecule has 1 aromatic heterocycles. The van der Waals surface area contributed by atoms with E-state index in [0.717, 1.165) is 16.7 Å². The van der Waals surface area contributed by atoms with E-state index in [1.165, 1.54) is 0 Å². The van der Waals surface area contributed by atoms with E-state index in [-0.39, 0.29) is 6.29 Å². The monoisotopic (exact) mass is 263 g/mol. The van der Waals surface area contributed by atoms with Gasteiger partial charge < -0.3 is 18.8 Å². The van der Waals surface area contributed by atoms with Gasteiger partial charge in [0.05, 0.1) is 19.2 Å². The van der Waals surface area contributed by atoms with E-state index in [9.17, 15) is 0 Å². The minimum absolute atomic E-state index is 0.211. The summed E-state index contributed by atoms with van der Waals surface area (Å²) < 4.78 is 18.7. The Labute approximate surface area is 113 Å². The zero-order chi connectivity index (χ0) is 13.7. The Bertz CT molecular complexity index is 515. The fraction of sp³-hybridized carbons (Fsp3) is 0.467. The van der Waals surface area contributed by atoms with E-state index in [1.807, 2.05) is 32.2 Å². The van der Waals surface area contributed by atoms with Gasteiger partial charge in [-0.1, -0.05) is 6.07 Å². The minimum Gasteiger partial charge on any atom is -0.496 e. The highest BCUT2D eigenvalue weighted by molar-refractivity contribution is 5.86. The Morgan fingerprint density at radius 2 is 1.84 bits per heavy atom. The van der Waals surface area contributed by atoms with Crippen molar-refractivity contribution in [3.05, 3.63) is 30.5 Å². The molecule has 0 amide bonds. The van der Waals surface area contributed by atoms with Gasteiger partial charge in [0.1, 0.15) is 5.75 Å². The maximum Gasteiger partial charge on any atom is 0.175 e. The van der Waals surface area contributed by atoms with Gasteiger partial charge in [-0.3, -0.25) is 0 Å². The molecule has 104 valence electrons. The fourth-order valence-corrected chi connectivity index (χ4v) is 2.22. The number of fused-ring (bicyclic) bond motifs is 1. The molecule has 0 spiro atoms. The summed E-state index contributed by atoms with van der Waals surface area (Å²) in [6.07, 6.45) is 1.83. The first-order valence-electron chi connectivity index (χ1n) is 6.65. The standard InChI is InChI=1S/C15H21NO3/c1-4-18-15(19-5-2)11-16-10-9-12-13(16)7-6-8-14(12)17-3/h6-10,15H,4-5,11H2,1-3H3. The molecule has 4 nitrogen and oxygen atoms in total. The second-order valence-electron chi connectivity index (χ2n) is 4.20. The molecule has 0 atom stereocenters. The Hall–Kier alpha value is -1.52. The Morgan fingerprint density at radius 1 is 1.11 bits per heavy atom. The molecule has 2 rings (SSSR count). The van der Waals surface area contributed by atoms with Crippen molar-refractivity contribution in [2.75, 3.05) is 20.3 Å². The number of aromatic nitrogens is 1. The largest absolute Gasteiger partial charge is 0.496 e. The Kier molecular flexibility index (Phi) is 4.82. The highest BCUT2D eigenvalue weighted by Gasteiger charge is 2.12. The highest BCUT2D eigenvalue weighted by atomic mass is 16.7. The lowest BCUT2D eigenvalue weighted by Crippen LogP contribution is -2.23. The van der Waals surface area contributed by atoms with Crippen molar-refractivity contribution in [3.8, 4) is 5.75 Å². The number of hydrogen-bond donors (Lipinski definition) is 0. The third kappa shape index (κ3) is 3.08.